The third-order valence-corrected chi connectivity index (χ3v) is 7.47. The number of ether oxygens (including phenoxy) is 2. The first-order valence-corrected chi connectivity index (χ1v) is 13.8. The Morgan fingerprint density at radius 3 is 2.44 bits per heavy atom. The topological polar surface area (TPSA) is 115 Å². The van der Waals surface area contributed by atoms with Crippen LogP contribution in [0.4, 0.5) is 0 Å². The summed E-state index contributed by atoms with van der Waals surface area (Å²) in [5.41, 5.74) is 9.92. The first-order valence-electron chi connectivity index (χ1n) is 13.8. The third kappa shape index (κ3) is 7.94. The number of amides is 1. The molecule has 0 bridgehead atoms. The number of carbonyl (C=O) groups is 2. The lowest BCUT2D eigenvalue weighted by Crippen LogP contribution is -2.45. The van der Waals surface area contributed by atoms with Gasteiger partial charge in [-0.15, -0.1) is 0 Å². The molecular formula is C34H37N3O4. The van der Waals surface area contributed by atoms with Crippen LogP contribution in [-0.2, 0) is 27.2 Å². The highest BCUT2D eigenvalue weighted by Crippen LogP contribution is 2.29. The number of allylic oxidation sites excluding steroid dienone is 2. The fourth-order valence-corrected chi connectivity index (χ4v) is 5.16. The number of hydrogen-bond donors (Lipinski definition) is 3. The zero-order valence-corrected chi connectivity index (χ0v) is 23.5. The molecule has 0 fully saturated rings. The Kier molecular flexibility index (Phi) is 10.1. The summed E-state index contributed by atoms with van der Waals surface area (Å²) in [4.78, 5) is 26.6. The van der Waals surface area contributed by atoms with Gasteiger partial charge in [0.25, 0.3) is 5.91 Å². The maximum Gasteiger partial charge on any atom is 0.311 e. The number of nitrogens with one attached hydrogen (secondary N) is 2. The van der Waals surface area contributed by atoms with E-state index in [2.05, 4.69) is 11.4 Å². The highest BCUT2D eigenvalue weighted by molar-refractivity contribution is 5.97. The molecule has 3 unspecified atom stereocenters. The zero-order chi connectivity index (χ0) is 29.2. The van der Waals surface area contributed by atoms with Crippen LogP contribution in [0.5, 0.6) is 5.75 Å². The number of carbonyl (C=O) groups excluding carboxylic acids is 2. The molecule has 4 rings (SSSR count). The monoisotopic (exact) mass is 551 g/mol. The number of hydrogen-bond acceptors (Lipinski definition) is 5. The lowest BCUT2D eigenvalue weighted by Gasteiger charge is -2.27. The van der Waals surface area contributed by atoms with E-state index in [0.717, 1.165) is 22.4 Å². The van der Waals surface area contributed by atoms with Gasteiger partial charge in [0, 0.05) is 23.1 Å². The molecule has 1 aliphatic rings. The van der Waals surface area contributed by atoms with Crippen molar-refractivity contribution in [3.8, 4) is 5.75 Å². The second-order valence-corrected chi connectivity index (χ2v) is 10.2. The van der Waals surface area contributed by atoms with Crippen molar-refractivity contribution in [3.63, 3.8) is 0 Å². The van der Waals surface area contributed by atoms with Crippen LogP contribution in [-0.4, -0.2) is 38.0 Å². The molecule has 0 saturated heterocycles. The number of nitrogens with two attached hydrogens (primary N) is 1. The van der Waals surface area contributed by atoms with Gasteiger partial charge in [0.2, 0.25) is 0 Å². The number of benzene rings is 3. The predicted molar refractivity (Wildman–Crippen MR) is 161 cm³/mol. The zero-order valence-electron chi connectivity index (χ0n) is 23.5. The van der Waals surface area contributed by atoms with E-state index >= 15 is 0 Å². The minimum atomic E-state index is -0.632. The molecule has 3 aromatic rings. The van der Waals surface area contributed by atoms with Crippen LogP contribution in [0.2, 0.25) is 0 Å². The summed E-state index contributed by atoms with van der Waals surface area (Å²) in [6, 6.07) is 24.7. The lowest BCUT2D eigenvalue weighted by atomic mass is 9.87. The largest absolute Gasteiger partial charge is 0.497 e. The Hall–Kier alpha value is -4.65. The molecule has 4 N–H and O–H groups in total. The summed E-state index contributed by atoms with van der Waals surface area (Å²) in [5.74, 6) is -0.358. The fraction of sp³-hybridized carbons (Fsp3) is 0.265. The summed E-state index contributed by atoms with van der Waals surface area (Å²) in [7, 11) is 3.01. The highest BCUT2D eigenvalue weighted by atomic mass is 16.5. The molecule has 0 aromatic heterocycles. The van der Waals surface area contributed by atoms with Gasteiger partial charge in [0.05, 0.1) is 20.1 Å². The van der Waals surface area contributed by atoms with Crippen molar-refractivity contribution in [2.24, 2.45) is 11.7 Å². The Morgan fingerprint density at radius 1 is 1.00 bits per heavy atom. The van der Waals surface area contributed by atoms with Gasteiger partial charge < -0.3 is 20.5 Å². The van der Waals surface area contributed by atoms with E-state index in [-0.39, 0.29) is 17.7 Å². The number of rotatable bonds is 12. The van der Waals surface area contributed by atoms with Crippen LogP contribution in [0.15, 0.2) is 103 Å². The van der Waals surface area contributed by atoms with Crippen LogP contribution < -0.4 is 15.8 Å². The van der Waals surface area contributed by atoms with Crippen LogP contribution in [0, 0.1) is 11.3 Å². The average molecular weight is 552 g/mol. The Morgan fingerprint density at radius 2 is 1.76 bits per heavy atom. The molecule has 1 amide bonds. The lowest BCUT2D eigenvalue weighted by molar-refractivity contribution is -0.146. The van der Waals surface area contributed by atoms with Gasteiger partial charge in [0.1, 0.15) is 11.6 Å². The van der Waals surface area contributed by atoms with Crippen molar-refractivity contribution in [2.45, 2.75) is 37.6 Å². The van der Waals surface area contributed by atoms with Gasteiger partial charge in [-0.25, -0.2) is 0 Å². The number of nitrogen functional groups attached to an aromatic ring is 1. The molecule has 0 spiro atoms. The van der Waals surface area contributed by atoms with Gasteiger partial charge in [0.15, 0.2) is 0 Å². The Bertz CT molecular complexity index is 1430. The molecule has 0 heterocycles. The van der Waals surface area contributed by atoms with Crippen molar-refractivity contribution in [3.05, 3.63) is 125 Å². The fourth-order valence-electron chi connectivity index (χ4n) is 5.16. The molecule has 0 aliphatic heterocycles. The van der Waals surface area contributed by atoms with Gasteiger partial charge in [-0.2, -0.15) is 0 Å². The van der Waals surface area contributed by atoms with E-state index in [1.54, 1.807) is 19.2 Å². The smallest absolute Gasteiger partial charge is 0.311 e. The molecule has 3 aromatic carbocycles. The predicted octanol–water partition coefficient (Wildman–Crippen LogP) is 5.10. The van der Waals surface area contributed by atoms with Crippen LogP contribution in [0.1, 0.15) is 41.0 Å². The van der Waals surface area contributed by atoms with Gasteiger partial charge in [-0.3, -0.25) is 15.0 Å². The molecule has 7 nitrogen and oxygen atoms in total. The molecule has 0 radical (unpaired) electrons. The van der Waals surface area contributed by atoms with E-state index in [1.165, 1.54) is 7.11 Å². The van der Waals surface area contributed by atoms with Crippen molar-refractivity contribution in [2.75, 3.05) is 14.2 Å². The molecule has 0 saturated carbocycles. The van der Waals surface area contributed by atoms with E-state index in [0.29, 0.717) is 36.8 Å². The van der Waals surface area contributed by atoms with Gasteiger partial charge >= 0.3 is 5.97 Å². The summed E-state index contributed by atoms with van der Waals surface area (Å²) in [5, 5.41) is 10.9. The van der Waals surface area contributed by atoms with Gasteiger partial charge in [-0.1, -0.05) is 78.9 Å². The van der Waals surface area contributed by atoms with E-state index in [9.17, 15) is 9.59 Å². The van der Waals surface area contributed by atoms with Crippen LogP contribution in [0.25, 0.3) is 0 Å². The molecule has 7 heteroatoms. The van der Waals surface area contributed by atoms with Crippen molar-refractivity contribution < 1.29 is 19.1 Å². The number of amidine groups is 1. The molecule has 3 atom stereocenters. The summed E-state index contributed by atoms with van der Waals surface area (Å²) < 4.78 is 10.6. The van der Waals surface area contributed by atoms with Crippen molar-refractivity contribution in [1.82, 2.24) is 5.32 Å². The molecular weight excluding hydrogens is 514 g/mol. The standard InChI is InChI=1S/C34H37N3O4/c1-40-29-13-7-11-27(22-29)25-15-17-26(18-16-25)33(38)37-31(19-14-23-8-4-3-5-9-23)30(34(39)41-2)21-24-10-6-12-28(20-24)32(35)36/h3-13,15,17-18,20,22,25,30-31H,14,16,19,21H2,1-2H3,(H3,35,36)(H,37,38). The SMILES string of the molecule is COC(=O)C(Cc1cccc(C(=N)N)c1)C(CCc1ccccc1)NC(=O)C1=CCC(c2cccc(OC)c2)C=C1. The van der Waals surface area contributed by atoms with E-state index in [4.69, 9.17) is 20.6 Å². The number of esters is 1. The maximum absolute atomic E-state index is 13.5. The first-order chi connectivity index (χ1) is 19.9. The minimum Gasteiger partial charge on any atom is -0.497 e. The van der Waals surface area contributed by atoms with Gasteiger partial charge in [-0.05, 0) is 60.6 Å². The minimum absolute atomic E-state index is 0.0429. The summed E-state index contributed by atoms with van der Waals surface area (Å²) in [6.45, 7) is 0. The number of aryl methyl sites for hydroxylation is 1. The molecule has 41 heavy (non-hydrogen) atoms. The quantitative estimate of drug-likeness (QED) is 0.165. The summed E-state index contributed by atoms with van der Waals surface area (Å²) >= 11 is 0. The summed E-state index contributed by atoms with van der Waals surface area (Å²) in [6.07, 6.45) is 8.07. The van der Waals surface area contributed by atoms with Crippen molar-refractivity contribution in [1.29, 1.82) is 5.41 Å². The normalized spacial score (nSPS) is 15.8. The molecule has 212 valence electrons. The second kappa shape index (κ2) is 14.1. The number of methoxy groups -OCH3 is 2. The van der Waals surface area contributed by atoms with Crippen LogP contribution in [0.3, 0.4) is 0 Å². The Balaban J connectivity index is 1.54. The van der Waals surface area contributed by atoms with Crippen LogP contribution >= 0.6 is 0 Å². The molecule has 1 aliphatic carbocycles. The maximum atomic E-state index is 13.5. The Labute approximate surface area is 241 Å². The van der Waals surface area contributed by atoms with E-state index < -0.39 is 17.9 Å². The van der Waals surface area contributed by atoms with E-state index in [1.807, 2.05) is 78.9 Å². The van der Waals surface area contributed by atoms with Crippen molar-refractivity contribution >= 4 is 17.7 Å². The second-order valence-electron chi connectivity index (χ2n) is 10.2. The highest BCUT2D eigenvalue weighted by Gasteiger charge is 2.31. The first kappa shape index (κ1) is 29.3. The third-order valence-electron chi connectivity index (χ3n) is 7.47. The average Bonchev–Trinajstić information content (AvgIpc) is 3.02.